The van der Waals surface area contributed by atoms with Gasteiger partial charge >= 0.3 is 5.00 Å². The number of rotatable bonds is 4. The van der Waals surface area contributed by atoms with Crippen LogP contribution in [0, 0.1) is 10.1 Å². The summed E-state index contributed by atoms with van der Waals surface area (Å²) in [4.78, 5) is 9.61. The maximum atomic E-state index is 12.9. The van der Waals surface area contributed by atoms with Gasteiger partial charge in [-0.1, -0.05) is 11.3 Å². The van der Waals surface area contributed by atoms with Crippen molar-refractivity contribution in [1.29, 1.82) is 0 Å². The van der Waals surface area contributed by atoms with Crippen LogP contribution in [-0.2, 0) is 0 Å². The second-order valence-electron chi connectivity index (χ2n) is 2.87. The molecule has 0 aliphatic heterocycles. The third-order valence-electron chi connectivity index (χ3n) is 1.81. The first kappa shape index (κ1) is 15.2. The summed E-state index contributed by atoms with van der Waals surface area (Å²) in [6, 6.07) is -0.744. The topological polar surface area (TPSA) is 89.4 Å². The number of thiophene rings is 1. The molecule has 0 radical (unpaired) electrons. The van der Waals surface area contributed by atoms with E-state index in [0.29, 0.717) is 0 Å². The lowest BCUT2D eigenvalue weighted by Gasteiger charge is -2.19. The fraction of sp³-hybridized carbons (Fsp3) is 0.429. The second kappa shape index (κ2) is 5.48. The quantitative estimate of drug-likeness (QED) is 0.646. The Morgan fingerprint density at radius 1 is 1.69 bits per heavy atom. The highest BCUT2D eigenvalue weighted by Gasteiger charge is 2.38. The van der Waals surface area contributed by atoms with Gasteiger partial charge < -0.3 is 10.8 Å². The molecule has 0 saturated heterocycles. The smallest absolute Gasteiger partial charge is 0.324 e. The number of alkyl halides is 2. The van der Waals surface area contributed by atoms with E-state index in [1.165, 1.54) is 5.38 Å². The highest BCUT2D eigenvalue weighted by Crippen LogP contribution is 2.33. The van der Waals surface area contributed by atoms with Gasteiger partial charge in [-0.15, -0.1) is 12.4 Å². The number of nitro groups is 1. The summed E-state index contributed by atoms with van der Waals surface area (Å²) in [5.41, 5.74) is 5.12. The largest absolute Gasteiger partial charge is 0.390 e. The Morgan fingerprint density at radius 2 is 2.25 bits per heavy atom. The average Bonchev–Trinajstić information content (AvgIpc) is 2.65. The minimum Gasteiger partial charge on any atom is -0.390 e. The number of hydrogen-bond acceptors (Lipinski definition) is 5. The lowest BCUT2D eigenvalue weighted by atomic mass is 10.1. The monoisotopic (exact) mass is 274 g/mol. The SMILES string of the molecule is Cl.N[C@H](c1csc([N+](=O)[O-])c1)C(F)(F)CO. The Balaban J connectivity index is 0.00000225. The molecule has 1 aromatic heterocycles. The van der Waals surface area contributed by atoms with Crippen LogP contribution >= 0.6 is 23.7 Å². The summed E-state index contributed by atoms with van der Waals surface area (Å²) in [5, 5.41) is 19.6. The lowest BCUT2D eigenvalue weighted by Crippen LogP contribution is -2.35. The molecular formula is C7H9ClF2N2O3S. The molecule has 16 heavy (non-hydrogen) atoms. The first-order chi connectivity index (χ1) is 6.88. The molecule has 1 atom stereocenters. The van der Waals surface area contributed by atoms with E-state index in [4.69, 9.17) is 10.8 Å². The minimum absolute atomic E-state index is 0. The van der Waals surface area contributed by atoms with E-state index < -0.39 is 23.5 Å². The molecular weight excluding hydrogens is 266 g/mol. The van der Waals surface area contributed by atoms with Crippen LogP contribution < -0.4 is 5.73 Å². The van der Waals surface area contributed by atoms with Gasteiger partial charge in [0.05, 0.1) is 11.0 Å². The van der Waals surface area contributed by atoms with Crippen molar-refractivity contribution in [1.82, 2.24) is 0 Å². The van der Waals surface area contributed by atoms with Crippen LogP contribution in [0.1, 0.15) is 11.6 Å². The van der Waals surface area contributed by atoms with Crippen LogP contribution in [-0.4, -0.2) is 22.6 Å². The Hall–Kier alpha value is -0.830. The maximum Gasteiger partial charge on any atom is 0.324 e. The van der Waals surface area contributed by atoms with E-state index in [9.17, 15) is 18.9 Å². The highest BCUT2D eigenvalue weighted by atomic mass is 35.5. The van der Waals surface area contributed by atoms with Gasteiger partial charge in [-0.3, -0.25) is 10.1 Å². The van der Waals surface area contributed by atoms with Crippen LogP contribution in [0.4, 0.5) is 13.8 Å². The van der Waals surface area contributed by atoms with Gasteiger partial charge in [0.25, 0.3) is 5.92 Å². The zero-order valence-corrected chi connectivity index (χ0v) is 9.43. The van der Waals surface area contributed by atoms with Crippen LogP contribution in [0.3, 0.4) is 0 Å². The third kappa shape index (κ3) is 3.08. The molecule has 0 fully saturated rings. The van der Waals surface area contributed by atoms with Crippen molar-refractivity contribution in [3.63, 3.8) is 0 Å². The van der Waals surface area contributed by atoms with Gasteiger partial charge in [0.2, 0.25) is 0 Å². The van der Waals surface area contributed by atoms with Gasteiger partial charge in [-0.25, -0.2) is 8.78 Å². The lowest BCUT2D eigenvalue weighted by molar-refractivity contribution is -0.380. The standard InChI is InChI=1S/C7H8F2N2O3S.ClH/c8-7(9,3-12)6(10)4-1-5(11(13)14)15-2-4;/h1-2,6,12H,3,10H2;1H/t6-;/m1./s1. The zero-order chi connectivity index (χ0) is 11.6. The van der Waals surface area contributed by atoms with Crippen LogP contribution in [0.15, 0.2) is 11.4 Å². The van der Waals surface area contributed by atoms with E-state index >= 15 is 0 Å². The Bertz CT molecular complexity index is 374. The summed E-state index contributed by atoms with van der Waals surface area (Å²) in [5.74, 6) is -3.48. The fourth-order valence-corrected chi connectivity index (χ4v) is 1.70. The van der Waals surface area contributed by atoms with Gasteiger partial charge in [-0.05, 0) is 5.56 Å². The van der Waals surface area contributed by atoms with Crippen molar-refractivity contribution >= 4 is 28.7 Å². The molecule has 0 spiro atoms. The van der Waals surface area contributed by atoms with E-state index in [1.807, 2.05) is 0 Å². The molecule has 1 heterocycles. The number of nitrogens with two attached hydrogens (primary N) is 1. The fourth-order valence-electron chi connectivity index (χ4n) is 0.940. The zero-order valence-electron chi connectivity index (χ0n) is 7.80. The molecule has 92 valence electrons. The minimum atomic E-state index is -3.48. The van der Waals surface area contributed by atoms with E-state index in [0.717, 1.165) is 17.4 Å². The second-order valence-corrected chi connectivity index (χ2v) is 3.76. The van der Waals surface area contributed by atoms with Crippen LogP contribution in [0.5, 0.6) is 0 Å². The predicted molar refractivity (Wildman–Crippen MR) is 57.2 cm³/mol. The Morgan fingerprint density at radius 3 is 2.62 bits per heavy atom. The van der Waals surface area contributed by atoms with E-state index in [2.05, 4.69) is 0 Å². The van der Waals surface area contributed by atoms with Crippen molar-refractivity contribution in [2.24, 2.45) is 5.73 Å². The highest BCUT2D eigenvalue weighted by molar-refractivity contribution is 7.13. The molecule has 0 saturated carbocycles. The van der Waals surface area contributed by atoms with Gasteiger partial charge in [0.15, 0.2) is 0 Å². The normalized spacial score (nSPS) is 13.0. The number of nitrogens with zero attached hydrogens (tertiary/aromatic N) is 1. The van der Waals surface area contributed by atoms with Crippen molar-refractivity contribution in [2.75, 3.05) is 6.61 Å². The van der Waals surface area contributed by atoms with Crippen LogP contribution in [0.25, 0.3) is 0 Å². The van der Waals surface area contributed by atoms with Crippen LogP contribution in [0.2, 0.25) is 0 Å². The van der Waals surface area contributed by atoms with Crippen molar-refractivity contribution < 1.29 is 18.8 Å². The predicted octanol–water partition coefficient (Wildman–Crippen LogP) is 1.71. The molecule has 0 bridgehead atoms. The molecule has 9 heteroatoms. The van der Waals surface area contributed by atoms with Gasteiger partial charge in [0.1, 0.15) is 6.61 Å². The molecule has 0 aliphatic carbocycles. The van der Waals surface area contributed by atoms with Gasteiger partial charge in [0, 0.05) is 11.4 Å². The molecule has 0 unspecified atom stereocenters. The first-order valence-corrected chi connectivity index (χ1v) is 4.73. The molecule has 1 rings (SSSR count). The summed E-state index contributed by atoms with van der Waals surface area (Å²) in [7, 11) is 0. The summed E-state index contributed by atoms with van der Waals surface area (Å²) < 4.78 is 25.8. The average molecular weight is 275 g/mol. The number of aliphatic hydroxyl groups is 1. The number of aliphatic hydroxyl groups excluding tert-OH is 1. The molecule has 5 nitrogen and oxygen atoms in total. The van der Waals surface area contributed by atoms with E-state index in [-0.39, 0.29) is 23.0 Å². The Kier molecular flexibility index (Phi) is 5.20. The molecule has 0 amide bonds. The van der Waals surface area contributed by atoms with Crippen molar-refractivity contribution in [3.05, 3.63) is 27.1 Å². The summed E-state index contributed by atoms with van der Waals surface area (Å²) >= 11 is 0.719. The number of halogens is 3. The van der Waals surface area contributed by atoms with E-state index in [1.54, 1.807) is 0 Å². The molecule has 0 aliphatic rings. The summed E-state index contributed by atoms with van der Waals surface area (Å²) in [6.07, 6.45) is 0. The third-order valence-corrected chi connectivity index (χ3v) is 2.71. The Labute approximate surface area is 99.4 Å². The maximum absolute atomic E-state index is 12.9. The molecule has 3 N–H and O–H groups in total. The first-order valence-electron chi connectivity index (χ1n) is 3.85. The number of hydrogen-bond donors (Lipinski definition) is 2. The summed E-state index contributed by atoms with van der Waals surface area (Å²) in [6.45, 7) is -1.39. The van der Waals surface area contributed by atoms with Crippen molar-refractivity contribution in [3.8, 4) is 0 Å². The molecule has 0 aromatic carbocycles. The van der Waals surface area contributed by atoms with Crippen molar-refractivity contribution in [2.45, 2.75) is 12.0 Å². The van der Waals surface area contributed by atoms with Gasteiger partial charge in [-0.2, -0.15) is 0 Å². The molecule has 1 aromatic rings.